The number of nitrogens with two attached hydrogens (primary N) is 1. The van der Waals surface area contributed by atoms with E-state index >= 15 is 0 Å². The van der Waals surface area contributed by atoms with Crippen LogP contribution < -0.4 is 16.6 Å². The number of nitrogens with zero attached hydrogens (tertiary/aromatic N) is 1. The van der Waals surface area contributed by atoms with Gasteiger partial charge in [-0.15, -0.1) is 0 Å². The molecule has 0 aliphatic carbocycles. The Morgan fingerprint density at radius 2 is 1.89 bits per heavy atom. The van der Waals surface area contributed by atoms with Gasteiger partial charge >= 0.3 is 7.60 Å². The van der Waals surface area contributed by atoms with Gasteiger partial charge in [0.05, 0.1) is 12.2 Å². The molecule has 0 amide bonds. The van der Waals surface area contributed by atoms with Crippen molar-refractivity contribution < 1.29 is 23.8 Å². The number of hydrogen-bond donors (Lipinski definition) is 6. The number of H-pyrrole nitrogens is 2. The molecule has 28 heavy (non-hydrogen) atoms. The molecule has 14 heteroatoms. The molecule has 0 bridgehead atoms. The zero-order valence-electron chi connectivity index (χ0n) is 14.9. The second-order valence-corrected chi connectivity index (χ2v) is 8.02. The van der Waals surface area contributed by atoms with Crippen LogP contribution in [0.5, 0.6) is 0 Å². The normalized spacial score (nSPS) is 24.7. The van der Waals surface area contributed by atoms with Crippen LogP contribution >= 0.6 is 7.60 Å². The van der Waals surface area contributed by atoms with Gasteiger partial charge in [0.25, 0.3) is 5.56 Å². The maximum absolute atomic E-state index is 12.0. The van der Waals surface area contributed by atoms with E-state index in [4.69, 9.17) is 25.0 Å². The van der Waals surface area contributed by atoms with Crippen molar-refractivity contribution >= 4 is 24.6 Å². The van der Waals surface area contributed by atoms with Crippen LogP contribution in [0.4, 0.5) is 5.95 Å². The van der Waals surface area contributed by atoms with Crippen LogP contribution in [0.15, 0.2) is 11.0 Å². The number of methoxy groups -OCH3 is 2. The van der Waals surface area contributed by atoms with Crippen LogP contribution in [0, 0.1) is 0 Å². The summed E-state index contributed by atoms with van der Waals surface area (Å²) in [7, 11) is -1.09. The van der Waals surface area contributed by atoms with Crippen LogP contribution in [0.3, 0.4) is 0 Å². The molecule has 0 saturated carbocycles. The van der Waals surface area contributed by atoms with E-state index in [1.165, 1.54) is 14.2 Å². The topological polar surface area (TPSA) is 176 Å². The van der Waals surface area contributed by atoms with Gasteiger partial charge in [0.1, 0.15) is 23.2 Å². The molecular weight excluding hydrogens is 879 g/mol. The zero-order valence-corrected chi connectivity index (χ0v) is 20.6. The average molecular weight is 901 g/mol. The van der Waals surface area contributed by atoms with Gasteiger partial charge in [0.2, 0.25) is 5.95 Å². The summed E-state index contributed by atoms with van der Waals surface area (Å²) in [5.74, 6) is -0.00310. The number of nitrogen functional groups attached to an aromatic ring is 1. The summed E-state index contributed by atoms with van der Waals surface area (Å²) in [6.45, 7) is 0. The number of aromatic nitrogens is 3. The first-order valence-electron chi connectivity index (χ1n) is 7.98. The molecule has 1 saturated heterocycles. The summed E-state index contributed by atoms with van der Waals surface area (Å²) in [5.41, 5.74) is 6.64. The van der Waals surface area contributed by atoms with E-state index in [0.717, 1.165) is 0 Å². The Hall–Kier alpha value is -3.75. The number of fused-ring (bicyclic) bond motifs is 1. The predicted molar refractivity (Wildman–Crippen MR) is 93.9 cm³/mol. The Kier molecular flexibility index (Phi) is 6.26. The van der Waals surface area contributed by atoms with Gasteiger partial charge in [-0.3, -0.25) is 14.3 Å². The molecular formula is C14H22Fm2N5O6P. The molecule has 1 aliphatic heterocycles. The van der Waals surface area contributed by atoms with Crippen LogP contribution in [0.1, 0.15) is 18.0 Å². The Labute approximate surface area is 148 Å². The van der Waals surface area contributed by atoms with Gasteiger partial charge in [-0.1, -0.05) is 0 Å². The summed E-state index contributed by atoms with van der Waals surface area (Å²) in [6.07, 6.45) is 0.710. The summed E-state index contributed by atoms with van der Waals surface area (Å²) >= 11 is 0. The van der Waals surface area contributed by atoms with Gasteiger partial charge in [-0.05, 0) is 6.42 Å². The molecule has 3 rings (SSSR count). The quantitative estimate of drug-likeness (QED) is 0.208. The maximum atomic E-state index is 12.0. The minimum atomic E-state index is -4.13. The van der Waals surface area contributed by atoms with E-state index in [1.807, 2.05) is 0 Å². The SMILES string of the molecule is COC1C(CCP(=O)(O)O)NC(c2c[nH]c3c(=O)[nH]c(N)nc23)C1OC.[Fm].[Fm]. The molecule has 11 nitrogen and oxygen atoms in total. The molecule has 0 spiro atoms. The third kappa shape index (κ3) is 3.83. The monoisotopic (exact) mass is 901 g/mol. The van der Waals surface area contributed by atoms with Crippen LogP contribution in [-0.4, -0.2) is 63.4 Å². The molecule has 4 unspecified atom stereocenters. The molecule has 4 atom stereocenters. The second-order valence-electron chi connectivity index (χ2n) is 6.25. The standard InChI is InChI=1S/C14H22N5O6P.2Fm/c1-24-11-7(3-4-26(21,22)23)17-9(12(11)25-2)6-5-16-10-8(6)18-14(15)19-13(10)20;;/h5,7,9,11-12,16-17H,3-4H2,1-2H3,(H2,21,22,23)(H3,15,18,19,20);;. The van der Waals surface area contributed by atoms with Crippen molar-refractivity contribution in [1.29, 1.82) is 0 Å². The second kappa shape index (κ2) is 7.87. The van der Waals surface area contributed by atoms with Crippen LogP contribution in [0.2, 0.25) is 0 Å². The summed E-state index contributed by atoms with van der Waals surface area (Å²) in [4.78, 5) is 39.8. The van der Waals surface area contributed by atoms with Gasteiger partial charge < -0.3 is 35.3 Å². The number of hydrogen-bond acceptors (Lipinski definition) is 7. The Morgan fingerprint density at radius 1 is 1.25 bits per heavy atom. The molecule has 1 aliphatic rings. The average Bonchev–Trinajstić information content (AvgIpc) is 3.12. The van der Waals surface area contributed by atoms with Crippen molar-refractivity contribution in [2.75, 3.05) is 26.1 Å². The molecule has 2 aromatic rings. The molecule has 0 radical (unpaired) electrons. The minimum Gasteiger partial charge on any atom is -0.377 e. The first kappa shape index (κ1) is 22.3. The number of aromatic amines is 2. The third-order valence-corrected chi connectivity index (χ3v) is 5.48. The zero-order chi connectivity index (χ0) is 19.1. The van der Waals surface area contributed by atoms with Crippen LogP contribution in [0.25, 0.3) is 11.0 Å². The Balaban J connectivity index is 0.00000196. The number of ether oxygens (including phenoxy) is 2. The van der Waals surface area contributed by atoms with Crippen molar-refractivity contribution in [1.82, 2.24) is 20.3 Å². The number of anilines is 1. The van der Waals surface area contributed by atoms with Crippen LogP contribution in [-0.2, 0) is 14.0 Å². The molecule has 2 aromatic heterocycles. The fourth-order valence-corrected chi connectivity index (χ4v) is 4.13. The first-order valence-corrected chi connectivity index (χ1v) is 9.78. The number of nitrogens with one attached hydrogen (secondary N) is 3. The number of rotatable bonds is 6. The summed E-state index contributed by atoms with van der Waals surface area (Å²) in [6, 6.07) is -0.735. The van der Waals surface area contributed by atoms with E-state index in [9.17, 15) is 9.36 Å². The van der Waals surface area contributed by atoms with Crippen molar-refractivity contribution in [3.05, 3.63) is 22.1 Å². The van der Waals surface area contributed by atoms with E-state index in [-0.39, 0.29) is 30.1 Å². The smallest absolute Gasteiger partial charge is 0.325 e. The van der Waals surface area contributed by atoms with E-state index < -0.39 is 25.8 Å². The fraction of sp³-hybridized carbons (Fsp3) is 0.571. The van der Waals surface area contributed by atoms with Gasteiger partial charge in [0.15, 0.2) is 0 Å². The summed E-state index contributed by atoms with van der Waals surface area (Å²) < 4.78 is 22.3. The van der Waals surface area contributed by atoms with E-state index in [1.54, 1.807) is 6.20 Å². The van der Waals surface area contributed by atoms with E-state index in [0.29, 0.717) is 16.6 Å². The van der Waals surface area contributed by atoms with Crippen molar-refractivity contribution in [2.24, 2.45) is 0 Å². The summed E-state index contributed by atoms with van der Waals surface area (Å²) in [5, 5.41) is 3.29. The first-order chi connectivity index (χ1) is 12.2. The predicted octanol–water partition coefficient (Wildman–Crippen LogP) is -0.556. The molecule has 1 fully saturated rings. The Bertz CT molecular complexity index is 902. The molecule has 0 aromatic carbocycles. The molecule has 3 heterocycles. The van der Waals surface area contributed by atoms with Gasteiger partial charge in [-0.25, -0.2) is 4.98 Å². The Morgan fingerprint density at radius 3 is 2.46 bits per heavy atom. The maximum Gasteiger partial charge on any atom is 0.325 e. The van der Waals surface area contributed by atoms with Crippen molar-refractivity contribution in [2.45, 2.75) is 30.7 Å². The van der Waals surface area contributed by atoms with Gasteiger partial charge in [0, 0.05) is 32.0 Å². The van der Waals surface area contributed by atoms with Crippen molar-refractivity contribution in [3.8, 4) is 0 Å². The van der Waals surface area contributed by atoms with Crippen molar-refractivity contribution in [3.63, 3.8) is 0 Å². The van der Waals surface area contributed by atoms with Gasteiger partial charge in [-0.2, -0.15) is 0 Å². The largest absolute Gasteiger partial charge is 0.377 e. The third-order valence-electron chi connectivity index (χ3n) is 4.64. The molecule has 7 N–H and O–H groups in total. The fourth-order valence-electron chi connectivity index (χ4n) is 3.52. The molecule has 168 valence electrons. The van der Waals surface area contributed by atoms with E-state index in [2.05, 4.69) is 20.3 Å². The minimum absolute atomic E-state index is 0.